The lowest BCUT2D eigenvalue weighted by Gasteiger charge is -2.22. The molecule has 1 fully saturated rings. The standard InChI is InChI=1S/C19H28N6O/c1-20-19(23-14-16-9-11-24-25(16)2)22-13-15-8-10-21-18(12-15)26-17-6-4-3-5-7-17/h8-12,17H,3-7,13-14H2,1-2H3,(H2,20,22,23). The summed E-state index contributed by atoms with van der Waals surface area (Å²) in [5, 5.41) is 10.8. The van der Waals surface area contributed by atoms with Crippen molar-refractivity contribution in [2.45, 2.75) is 51.3 Å². The Balaban J connectivity index is 1.49. The maximum absolute atomic E-state index is 6.04. The van der Waals surface area contributed by atoms with E-state index in [1.54, 1.807) is 19.4 Å². The predicted molar refractivity (Wildman–Crippen MR) is 102 cm³/mol. The molecule has 140 valence electrons. The van der Waals surface area contributed by atoms with Crippen molar-refractivity contribution in [2.24, 2.45) is 12.0 Å². The third-order valence-electron chi connectivity index (χ3n) is 4.68. The first-order chi connectivity index (χ1) is 12.7. The molecule has 7 heteroatoms. The lowest BCUT2D eigenvalue weighted by Crippen LogP contribution is -2.36. The first-order valence-corrected chi connectivity index (χ1v) is 9.27. The molecule has 0 saturated heterocycles. The van der Waals surface area contributed by atoms with E-state index >= 15 is 0 Å². The third kappa shape index (κ3) is 5.21. The van der Waals surface area contributed by atoms with Crippen LogP contribution in [-0.4, -0.2) is 33.9 Å². The Bertz CT molecular complexity index is 720. The SMILES string of the molecule is CN=C(NCc1ccnc(OC2CCCCC2)c1)NCc1ccnn1C. The number of rotatable bonds is 6. The fourth-order valence-corrected chi connectivity index (χ4v) is 3.13. The molecule has 0 spiro atoms. The van der Waals surface area contributed by atoms with Crippen molar-refractivity contribution < 1.29 is 4.74 Å². The molecular formula is C19H28N6O. The Labute approximate surface area is 154 Å². The van der Waals surface area contributed by atoms with Gasteiger partial charge in [0, 0.05) is 39.1 Å². The van der Waals surface area contributed by atoms with Crippen LogP contribution in [0, 0.1) is 0 Å². The van der Waals surface area contributed by atoms with Gasteiger partial charge in [-0.25, -0.2) is 4.98 Å². The van der Waals surface area contributed by atoms with E-state index in [4.69, 9.17) is 4.74 Å². The van der Waals surface area contributed by atoms with Crippen molar-refractivity contribution in [3.63, 3.8) is 0 Å². The van der Waals surface area contributed by atoms with E-state index in [2.05, 4.69) is 25.7 Å². The van der Waals surface area contributed by atoms with E-state index in [1.807, 2.05) is 29.9 Å². The van der Waals surface area contributed by atoms with Crippen molar-refractivity contribution in [1.82, 2.24) is 25.4 Å². The van der Waals surface area contributed by atoms with Crippen LogP contribution in [0.5, 0.6) is 5.88 Å². The molecule has 1 aliphatic rings. The number of pyridine rings is 1. The number of hydrogen-bond donors (Lipinski definition) is 2. The average Bonchev–Trinajstić information content (AvgIpc) is 3.08. The number of hydrogen-bond acceptors (Lipinski definition) is 4. The highest BCUT2D eigenvalue weighted by Crippen LogP contribution is 2.22. The zero-order valence-corrected chi connectivity index (χ0v) is 15.6. The summed E-state index contributed by atoms with van der Waals surface area (Å²) in [4.78, 5) is 8.62. The van der Waals surface area contributed by atoms with Crippen LogP contribution in [0.15, 0.2) is 35.6 Å². The van der Waals surface area contributed by atoms with E-state index in [-0.39, 0.29) is 0 Å². The average molecular weight is 356 g/mol. The second kappa shape index (κ2) is 9.22. The molecule has 2 N–H and O–H groups in total. The number of ether oxygens (including phenoxy) is 1. The first kappa shape index (κ1) is 18.2. The monoisotopic (exact) mass is 356 g/mol. The van der Waals surface area contributed by atoms with Crippen LogP contribution in [0.4, 0.5) is 0 Å². The smallest absolute Gasteiger partial charge is 0.213 e. The van der Waals surface area contributed by atoms with Crippen molar-refractivity contribution in [1.29, 1.82) is 0 Å². The van der Waals surface area contributed by atoms with Crippen molar-refractivity contribution >= 4 is 5.96 Å². The third-order valence-corrected chi connectivity index (χ3v) is 4.68. The molecule has 0 unspecified atom stereocenters. The highest BCUT2D eigenvalue weighted by Gasteiger charge is 2.15. The van der Waals surface area contributed by atoms with Gasteiger partial charge in [-0.05, 0) is 43.4 Å². The molecule has 0 atom stereocenters. The number of nitrogens with one attached hydrogen (secondary N) is 2. The molecule has 2 heterocycles. The zero-order valence-electron chi connectivity index (χ0n) is 15.6. The number of aromatic nitrogens is 3. The summed E-state index contributed by atoms with van der Waals surface area (Å²) in [5.74, 6) is 1.46. The fourth-order valence-electron chi connectivity index (χ4n) is 3.13. The molecule has 0 aromatic carbocycles. The topological polar surface area (TPSA) is 76.4 Å². The van der Waals surface area contributed by atoms with Gasteiger partial charge in [-0.2, -0.15) is 5.10 Å². The predicted octanol–water partition coefficient (Wildman–Crippen LogP) is 2.39. The van der Waals surface area contributed by atoms with E-state index < -0.39 is 0 Å². The van der Waals surface area contributed by atoms with Crippen LogP contribution in [0.25, 0.3) is 0 Å². The molecule has 7 nitrogen and oxygen atoms in total. The van der Waals surface area contributed by atoms with Gasteiger partial charge >= 0.3 is 0 Å². The van der Waals surface area contributed by atoms with Crippen LogP contribution < -0.4 is 15.4 Å². The highest BCUT2D eigenvalue weighted by atomic mass is 16.5. The second-order valence-corrected chi connectivity index (χ2v) is 6.61. The Morgan fingerprint density at radius 3 is 2.73 bits per heavy atom. The molecule has 1 aliphatic carbocycles. The van der Waals surface area contributed by atoms with Gasteiger partial charge in [0.15, 0.2) is 5.96 Å². The minimum atomic E-state index is 0.313. The molecular weight excluding hydrogens is 328 g/mol. The molecule has 2 aromatic heterocycles. The van der Waals surface area contributed by atoms with Gasteiger partial charge in [-0.1, -0.05) is 6.42 Å². The Morgan fingerprint density at radius 2 is 2.00 bits per heavy atom. The Hall–Kier alpha value is -2.57. The van der Waals surface area contributed by atoms with Crippen LogP contribution in [-0.2, 0) is 20.1 Å². The molecule has 2 aromatic rings. The molecule has 26 heavy (non-hydrogen) atoms. The molecule has 1 saturated carbocycles. The zero-order chi connectivity index (χ0) is 18.2. The van der Waals surface area contributed by atoms with Gasteiger partial charge in [0.25, 0.3) is 0 Å². The minimum absolute atomic E-state index is 0.313. The summed E-state index contributed by atoms with van der Waals surface area (Å²) >= 11 is 0. The highest BCUT2D eigenvalue weighted by molar-refractivity contribution is 5.79. The molecule has 0 amide bonds. The van der Waals surface area contributed by atoms with E-state index in [1.165, 1.54) is 19.3 Å². The number of guanidine groups is 1. The normalized spacial score (nSPS) is 15.7. The van der Waals surface area contributed by atoms with Crippen molar-refractivity contribution in [3.05, 3.63) is 41.9 Å². The summed E-state index contributed by atoms with van der Waals surface area (Å²) in [6.07, 6.45) is 10.0. The Kier molecular flexibility index (Phi) is 6.46. The van der Waals surface area contributed by atoms with Gasteiger partial charge in [0.05, 0.1) is 12.2 Å². The van der Waals surface area contributed by atoms with Gasteiger partial charge in [0.2, 0.25) is 5.88 Å². The van der Waals surface area contributed by atoms with Crippen molar-refractivity contribution in [2.75, 3.05) is 7.05 Å². The summed E-state index contributed by atoms with van der Waals surface area (Å²) < 4.78 is 7.89. The minimum Gasteiger partial charge on any atom is -0.474 e. The van der Waals surface area contributed by atoms with Gasteiger partial charge < -0.3 is 15.4 Å². The van der Waals surface area contributed by atoms with Crippen LogP contribution >= 0.6 is 0 Å². The van der Waals surface area contributed by atoms with Crippen molar-refractivity contribution in [3.8, 4) is 5.88 Å². The van der Waals surface area contributed by atoms with Gasteiger partial charge in [-0.3, -0.25) is 9.67 Å². The van der Waals surface area contributed by atoms with E-state index in [0.717, 1.165) is 30.1 Å². The van der Waals surface area contributed by atoms with Crippen LogP contribution in [0.2, 0.25) is 0 Å². The maximum atomic E-state index is 6.04. The summed E-state index contributed by atoms with van der Waals surface area (Å²) in [5.41, 5.74) is 2.22. The quantitative estimate of drug-likeness (QED) is 0.614. The summed E-state index contributed by atoms with van der Waals surface area (Å²) in [7, 11) is 3.70. The van der Waals surface area contributed by atoms with Crippen LogP contribution in [0.1, 0.15) is 43.4 Å². The fraction of sp³-hybridized carbons (Fsp3) is 0.526. The summed E-state index contributed by atoms with van der Waals surface area (Å²) in [6, 6.07) is 5.99. The maximum Gasteiger partial charge on any atom is 0.213 e. The Morgan fingerprint density at radius 1 is 1.19 bits per heavy atom. The number of nitrogens with zero attached hydrogens (tertiary/aromatic N) is 4. The molecule has 0 bridgehead atoms. The molecule has 3 rings (SSSR count). The molecule has 0 aliphatic heterocycles. The molecule has 0 radical (unpaired) electrons. The lowest BCUT2D eigenvalue weighted by molar-refractivity contribution is 0.148. The first-order valence-electron chi connectivity index (χ1n) is 9.27. The summed E-state index contributed by atoms with van der Waals surface area (Å²) in [6.45, 7) is 1.33. The largest absolute Gasteiger partial charge is 0.474 e. The lowest BCUT2D eigenvalue weighted by atomic mass is 9.98. The van der Waals surface area contributed by atoms with Crippen LogP contribution in [0.3, 0.4) is 0 Å². The number of aliphatic imine (C=N–C) groups is 1. The van der Waals surface area contributed by atoms with Gasteiger partial charge in [-0.15, -0.1) is 0 Å². The van der Waals surface area contributed by atoms with E-state index in [9.17, 15) is 0 Å². The second-order valence-electron chi connectivity index (χ2n) is 6.61. The van der Waals surface area contributed by atoms with Gasteiger partial charge in [0.1, 0.15) is 6.10 Å². The number of aryl methyl sites for hydroxylation is 1. The van der Waals surface area contributed by atoms with E-state index in [0.29, 0.717) is 25.1 Å².